The zero-order valence-electron chi connectivity index (χ0n) is 7.98. The second-order valence-electron chi connectivity index (χ2n) is 2.79. The Morgan fingerprint density at radius 2 is 2.00 bits per heavy atom. The highest BCUT2D eigenvalue weighted by molar-refractivity contribution is 5.85. The van der Waals surface area contributed by atoms with Crippen LogP contribution in [0, 0.1) is 0 Å². The van der Waals surface area contributed by atoms with Crippen molar-refractivity contribution in [1.82, 2.24) is 0 Å². The van der Waals surface area contributed by atoms with Crippen molar-refractivity contribution >= 4 is 12.4 Å². The van der Waals surface area contributed by atoms with E-state index in [1.807, 2.05) is 0 Å². The minimum atomic E-state index is -2.66. The lowest BCUT2D eigenvalue weighted by Crippen LogP contribution is -2.19. The summed E-state index contributed by atoms with van der Waals surface area (Å²) in [5.41, 5.74) is 5.43. The van der Waals surface area contributed by atoms with E-state index in [2.05, 4.69) is 0 Å². The van der Waals surface area contributed by atoms with Gasteiger partial charge in [-0.3, -0.25) is 0 Å². The van der Waals surface area contributed by atoms with Crippen molar-refractivity contribution in [3.05, 3.63) is 23.8 Å². The van der Waals surface area contributed by atoms with E-state index < -0.39 is 12.5 Å². The molecule has 3 N–H and O–H groups in total. The third-order valence-electron chi connectivity index (χ3n) is 1.85. The summed E-state index contributed by atoms with van der Waals surface area (Å²) in [6, 6.07) is 2.47. The number of rotatable bonds is 3. The van der Waals surface area contributed by atoms with E-state index in [0.29, 0.717) is 0 Å². The lowest BCUT2D eigenvalue weighted by atomic mass is 10.1. The Labute approximate surface area is 92.3 Å². The number of phenols is 1. The SMILES string of the molecule is COc1cc(O)ccc1[C@H](N)C(F)F.Cl. The summed E-state index contributed by atoms with van der Waals surface area (Å²) in [6.07, 6.45) is -2.66. The number of benzene rings is 1. The van der Waals surface area contributed by atoms with Crippen LogP contribution in [0.3, 0.4) is 0 Å². The fraction of sp³-hybridized carbons (Fsp3) is 0.333. The molecule has 86 valence electrons. The molecule has 0 radical (unpaired) electrons. The van der Waals surface area contributed by atoms with Crippen LogP contribution in [0.4, 0.5) is 8.78 Å². The lowest BCUT2D eigenvalue weighted by molar-refractivity contribution is 0.115. The molecule has 0 heterocycles. The van der Waals surface area contributed by atoms with Gasteiger partial charge in [-0.1, -0.05) is 0 Å². The molecular weight excluding hydrogens is 228 g/mol. The standard InChI is InChI=1S/C9H11F2NO2.ClH/c1-14-7-4-5(13)2-3-6(7)8(12)9(10)11;/h2-4,8-9,13H,12H2,1H3;1H/t8-;/m0./s1. The van der Waals surface area contributed by atoms with Crippen molar-refractivity contribution < 1.29 is 18.6 Å². The highest BCUT2D eigenvalue weighted by atomic mass is 35.5. The van der Waals surface area contributed by atoms with Crippen molar-refractivity contribution in [1.29, 1.82) is 0 Å². The van der Waals surface area contributed by atoms with Crippen LogP contribution in [0.2, 0.25) is 0 Å². The number of halogens is 3. The third kappa shape index (κ3) is 3.21. The van der Waals surface area contributed by atoms with Gasteiger partial charge in [-0.25, -0.2) is 8.78 Å². The quantitative estimate of drug-likeness (QED) is 0.849. The molecule has 1 rings (SSSR count). The summed E-state index contributed by atoms with van der Waals surface area (Å²) >= 11 is 0. The molecule has 1 aromatic carbocycles. The molecule has 6 heteroatoms. The first-order chi connectivity index (χ1) is 6.56. The molecule has 0 bridgehead atoms. The third-order valence-corrected chi connectivity index (χ3v) is 1.85. The van der Waals surface area contributed by atoms with Crippen LogP contribution in [0.5, 0.6) is 11.5 Å². The average Bonchev–Trinajstić information content (AvgIpc) is 2.16. The van der Waals surface area contributed by atoms with Crippen molar-refractivity contribution in [3.8, 4) is 11.5 Å². The number of alkyl halides is 2. The van der Waals surface area contributed by atoms with E-state index in [0.717, 1.165) is 0 Å². The number of methoxy groups -OCH3 is 1. The molecule has 0 amide bonds. The summed E-state index contributed by atoms with van der Waals surface area (Å²) in [4.78, 5) is 0. The molecule has 0 spiro atoms. The molecule has 0 aliphatic carbocycles. The Morgan fingerprint density at radius 3 is 2.47 bits per heavy atom. The Balaban J connectivity index is 0.00000196. The maximum absolute atomic E-state index is 12.3. The Hall–Kier alpha value is -1.07. The minimum Gasteiger partial charge on any atom is -0.508 e. The molecule has 0 unspecified atom stereocenters. The van der Waals surface area contributed by atoms with Gasteiger partial charge in [-0.2, -0.15) is 0 Å². The lowest BCUT2D eigenvalue weighted by Gasteiger charge is -2.14. The van der Waals surface area contributed by atoms with Crippen molar-refractivity contribution in [2.24, 2.45) is 5.73 Å². The molecule has 15 heavy (non-hydrogen) atoms. The summed E-state index contributed by atoms with van der Waals surface area (Å²) in [6.45, 7) is 0. The summed E-state index contributed by atoms with van der Waals surface area (Å²) in [5.74, 6) is 0.116. The highest BCUT2D eigenvalue weighted by Crippen LogP contribution is 2.30. The number of phenolic OH excluding ortho intramolecular Hbond substituents is 1. The summed E-state index contributed by atoms with van der Waals surface area (Å²) in [7, 11) is 1.33. The topological polar surface area (TPSA) is 55.5 Å². The first kappa shape index (κ1) is 13.9. The van der Waals surface area contributed by atoms with Crippen molar-refractivity contribution in [3.63, 3.8) is 0 Å². The van der Waals surface area contributed by atoms with Crippen LogP contribution in [0.1, 0.15) is 11.6 Å². The van der Waals surface area contributed by atoms with Gasteiger partial charge >= 0.3 is 0 Å². The summed E-state index contributed by atoms with van der Waals surface area (Å²) in [5, 5.41) is 9.08. The normalized spacial score (nSPS) is 12.1. The number of hydrogen-bond donors (Lipinski definition) is 2. The molecule has 0 saturated heterocycles. The van der Waals surface area contributed by atoms with Crippen molar-refractivity contribution in [2.75, 3.05) is 7.11 Å². The van der Waals surface area contributed by atoms with Crippen LogP contribution in [-0.4, -0.2) is 18.6 Å². The molecule has 0 aliphatic heterocycles. The first-order valence-electron chi connectivity index (χ1n) is 3.97. The van der Waals surface area contributed by atoms with Crippen LogP contribution in [0.25, 0.3) is 0 Å². The van der Waals surface area contributed by atoms with Gasteiger partial charge in [0, 0.05) is 11.6 Å². The van der Waals surface area contributed by atoms with E-state index in [4.69, 9.17) is 15.6 Å². The monoisotopic (exact) mass is 239 g/mol. The fourth-order valence-corrected chi connectivity index (χ4v) is 1.11. The van der Waals surface area contributed by atoms with E-state index in [1.54, 1.807) is 0 Å². The molecule has 1 atom stereocenters. The highest BCUT2D eigenvalue weighted by Gasteiger charge is 2.21. The second-order valence-corrected chi connectivity index (χ2v) is 2.79. The number of nitrogens with two attached hydrogens (primary N) is 1. The van der Waals surface area contributed by atoms with Gasteiger partial charge in [0.15, 0.2) is 0 Å². The molecule has 1 aromatic rings. The molecule has 0 saturated carbocycles. The number of hydrogen-bond acceptors (Lipinski definition) is 3. The van der Waals surface area contributed by atoms with Gasteiger partial charge < -0.3 is 15.6 Å². The smallest absolute Gasteiger partial charge is 0.257 e. The van der Waals surface area contributed by atoms with Gasteiger partial charge in [0.05, 0.1) is 13.2 Å². The van der Waals surface area contributed by atoms with Crippen molar-refractivity contribution in [2.45, 2.75) is 12.5 Å². The van der Waals surface area contributed by atoms with E-state index in [-0.39, 0.29) is 29.5 Å². The Kier molecular flexibility index (Phi) is 5.32. The minimum absolute atomic E-state index is 0. The summed E-state index contributed by atoms with van der Waals surface area (Å²) < 4.78 is 29.4. The van der Waals surface area contributed by atoms with E-state index in [1.165, 1.54) is 25.3 Å². The molecule has 0 fully saturated rings. The maximum atomic E-state index is 12.3. The van der Waals surface area contributed by atoms with Gasteiger partial charge in [0.2, 0.25) is 0 Å². The largest absolute Gasteiger partial charge is 0.508 e. The second kappa shape index (κ2) is 5.72. The Morgan fingerprint density at radius 1 is 1.40 bits per heavy atom. The fourth-order valence-electron chi connectivity index (χ4n) is 1.11. The van der Waals surface area contributed by atoms with Gasteiger partial charge in [0.1, 0.15) is 11.5 Å². The van der Waals surface area contributed by atoms with Crippen LogP contribution >= 0.6 is 12.4 Å². The zero-order chi connectivity index (χ0) is 10.7. The predicted octanol–water partition coefficient (Wildman–Crippen LogP) is 2.09. The van der Waals surface area contributed by atoms with E-state index in [9.17, 15) is 8.78 Å². The molecular formula is C9H12ClF2NO2. The Bertz CT molecular complexity index is 323. The number of ether oxygens (including phenoxy) is 1. The first-order valence-corrected chi connectivity index (χ1v) is 3.97. The molecule has 0 aliphatic rings. The van der Waals surface area contributed by atoms with E-state index >= 15 is 0 Å². The van der Waals surface area contributed by atoms with Crippen LogP contribution in [-0.2, 0) is 0 Å². The van der Waals surface area contributed by atoms with Crippen LogP contribution < -0.4 is 10.5 Å². The number of aromatic hydroxyl groups is 1. The average molecular weight is 240 g/mol. The van der Waals surface area contributed by atoms with Gasteiger partial charge in [-0.05, 0) is 12.1 Å². The van der Waals surface area contributed by atoms with Gasteiger partial charge in [-0.15, -0.1) is 12.4 Å². The van der Waals surface area contributed by atoms with Gasteiger partial charge in [0.25, 0.3) is 6.43 Å². The van der Waals surface area contributed by atoms with Crippen LogP contribution in [0.15, 0.2) is 18.2 Å². The molecule has 3 nitrogen and oxygen atoms in total. The maximum Gasteiger partial charge on any atom is 0.257 e. The zero-order valence-corrected chi connectivity index (χ0v) is 8.80. The predicted molar refractivity (Wildman–Crippen MR) is 54.8 cm³/mol. The molecule has 0 aromatic heterocycles.